The molecule has 2 fully saturated rings. The highest BCUT2D eigenvalue weighted by atomic mass is 16.3. The van der Waals surface area contributed by atoms with Gasteiger partial charge in [0, 0.05) is 36.3 Å². The molecule has 7 nitrogen and oxygen atoms in total. The largest absolute Gasteiger partial charge is 0.392 e. The number of carbonyl (C=O) groups is 2. The van der Waals surface area contributed by atoms with Crippen LogP contribution in [0.2, 0.25) is 0 Å². The molecule has 0 spiro atoms. The average molecular weight is 360 g/mol. The maximum Gasteiger partial charge on any atom is 0.321 e. The number of hydrogen-bond acceptors (Lipinski definition) is 4. The fourth-order valence-electron chi connectivity index (χ4n) is 3.87. The molecule has 7 heteroatoms. The van der Waals surface area contributed by atoms with Crippen LogP contribution in [0, 0.1) is 18.8 Å². The van der Waals surface area contributed by atoms with E-state index < -0.39 is 0 Å². The lowest BCUT2D eigenvalue weighted by Crippen LogP contribution is -2.48. The Morgan fingerprint density at radius 3 is 2.46 bits per heavy atom. The number of benzene rings is 1. The van der Waals surface area contributed by atoms with E-state index in [1.165, 1.54) is 0 Å². The number of aliphatic hydroxyl groups is 1. The number of anilines is 2. The van der Waals surface area contributed by atoms with Crippen LogP contribution >= 0.6 is 0 Å². The molecule has 1 saturated heterocycles. The normalized spacial score (nSPS) is 24.7. The van der Waals surface area contributed by atoms with E-state index in [2.05, 4.69) is 10.6 Å². The number of likely N-dealkylation sites (tertiary alicyclic amines) is 1. The Hall–Kier alpha value is -2.12. The predicted octanol–water partition coefficient (Wildman–Crippen LogP) is 1.73. The number of rotatable bonds is 4. The third kappa shape index (κ3) is 4.16. The summed E-state index contributed by atoms with van der Waals surface area (Å²) in [6.07, 6.45) is 1.71. The number of urea groups is 1. The monoisotopic (exact) mass is 360 g/mol. The zero-order valence-corrected chi connectivity index (χ0v) is 15.7. The van der Waals surface area contributed by atoms with Crippen LogP contribution < -0.4 is 10.6 Å². The number of likely N-dealkylation sites (N-methyl/N-ethyl adjacent to an activating group) is 1. The molecule has 3 amide bonds. The summed E-state index contributed by atoms with van der Waals surface area (Å²) in [5.74, 6) is 0.292. The summed E-state index contributed by atoms with van der Waals surface area (Å²) in [7, 11) is 3.68. The van der Waals surface area contributed by atoms with E-state index in [1.807, 2.05) is 33.2 Å². The highest BCUT2D eigenvalue weighted by Crippen LogP contribution is 2.37. The number of amides is 3. The highest BCUT2D eigenvalue weighted by Gasteiger charge is 2.42. The SMILES string of the molecule is Cc1ccc(NC(=O)N2C[C@H]3CC[C@@H](C2)C3O)cc1NC(=O)CN(C)C. The number of aliphatic hydroxyl groups excluding tert-OH is 1. The lowest BCUT2D eigenvalue weighted by molar-refractivity contribution is -0.116. The van der Waals surface area contributed by atoms with Crippen molar-refractivity contribution < 1.29 is 14.7 Å². The van der Waals surface area contributed by atoms with Crippen LogP contribution in [-0.2, 0) is 4.79 Å². The van der Waals surface area contributed by atoms with Gasteiger partial charge in [-0.15, -0.1) is 0 Å². The van der Waals surface area contributed by atoms with E-state index in [1.54, 1.807) is 15.9 Å². The molecule has 142 valence electrons. The zero-order valence-electron chi connectivity index (χ0n) is 15.7. The highest BCUT2D eigenvalue weighted by molar-refractivity contribution is 5.95. The molecule has 0 radical (unpaired) electrons. The van der Waals surface area contributed by atoms with Crippen molar-refractivity contribution in [1.82, 2.24) is 9.80 Å². The van der Waals surface area contributed by atoms with Crippen molar-refractivity contribution >= 4 is 23.3 Å². The molecule has 3 N–H and O–H groups in total. The molecule has 26 heavy (non-hydrogen) atoms. The van der Waals surface area contributed by atoms with Gasteiger partial charge in [0.25, 0.3) is 0 Å². The number of nitrogens with one attached hydrogen (secondary N) is 2. The molecule has 1 aromatic carbocycles. The number of carbonyl (C=O) groups excluding carboxylic acids is 2. The molecule has 1 saturated carbocycles. The van der Waals surface area contributed by atoms with E-state index in [0.717, 1.165) is 18.4 Å². The van der Waals surface area contributed by atoms with Crippen LogP contribution in [0.15, 0.2) is 18.2 Å². The molecule has 2 bridgehead atoms. The van der Waals surface area contributed by atoms with Crippen molar-refractivity contribution in [2.24, 2.45) is 11.8 Å². The van der Waals surface area contributed by atoms with Crippen molar-refractivity contribution in [1.29, 1.82) is 0 Å². The molecular formula is C19H28N4O3. The summed E-state index contributed by atoms with van der Waals surface area (Å²) < 4.78 is 0. The molecule has 0 aromatic heterocycles. The van der Waals surface area contributed by atoms with Crippen LogP contribution in [0.5, 0.6) is 0 Å². The fraction of sp³-hybridized carbons (Fsp3) is 0.579. The Kier molecular flexibility index (Phi) is 5.48. The van der Waals surface area contributed by atoms with E-state index in [4.69, 9.17) is 0 Å². The molecular weight excluding hydrogens is 332 g/mol. The lowest BCUT2D eigenvalue weighted by atomic mass is 9.95. The first-order chi connectivity index (χ1) is 12.3. The number of aryl methyl sites for hydroxylation is 1. The van der Waals surface area contributed by atoms with Crippen LogP contribution in [-0.4, -0.2) is 66.7 Å². The van der Waals surface area contributed by atoms with Crippen LogP contribution in [0.1, 0.15) is 18.4 Å². The second-order valence-electron chi connectivity index (χ2n) is 7.74. The summed E-state index contributed by atoms with van der Waals surface area (Å²) in [6, 6.07) is 5.35. The van der Waals surface area contributed by atoms with Gasteiger partial charge in [-0.25, -0.2) is 4.79 Å². The van der Waals surface area contributed by atoms with Crippen LogP contribution in [0.25, 0.3) is 0 Å². The minimum absolute atomic E-state index is 0.0943. The third-order valence-electron chi connectivity index (χ3n) is 5.29. The summed E-state index contributed by atoms with van der Waals surface area (Å²) in [5, 5.41) is 15.9. The van der Waals surface area contributed by atoms with Gasteiger partial charge in [0.2, 0.25) is 5.91 Å². The van der Waals surface area contributed by atoms with Crippen molar-refractivity contribution in [3.05, 3.63) is 23.8 Å². The molecule has 1 aliphatic heterocycles. The minimum atomic E-state index is -0.267. The zero-order chi connectivity index (χ0) is 18.8. The lowest BCUT2D eigenvalue weighted by Gasteiger charge is -2.35. The second kappa shape index (κ2) is 7.63. The Morgan fingerprint density at radius 1 is 1.19 bits per heavy atom. The van der Waals surface area contributed by atoms with Gasteiger partial charge >= 0.3 is 6.03 Å². The van der Waals surface area contributed by atoms with Gasteiger partial charge in [0.1, 0.15) is 0 Å². The van der Waals surface area contributed by atoms with Crippen molar-refractivity contribution in [3.8, 4) is 0 Å². The predicted molar refractivity (Wildman–Crippen MR) is 101 cm³/mol. The summed E-state index contributed by atoms with van der Waals surface area (Å²) in [5.41, 5.74) is 2.29. The third-order valence-corrected chi connectivity index (χ3v) is 5.29. The molecule has 3 atom stereocenters. The van der Waals surface area contributed by atoms with Crippen LogP contribution in [0.4, 0.5) is 16.2 Å². The second-order valence-corrected chi connectivity index (χ2v) is 7.74. The molecule has 3 rings (SSSR count). The standard InChI is InChI=1S/C19H28N4O3/c1-12-4-7-15(8-16(12)21-17(24)11-22(2)3)20-19(26)23-9-13-5-6-14(10-23)18(13)25/h4,7-8,13-14,18,25H,5-6,9-11H2,1-3H3,(H,20,26)(H,21,24)/t13-,14+,18?. The molecule has 1 aliphatic carbocycles. The van der Waals surface area contributed by atoms with Gasteiger partial charge in [-0.3, -0.25) is 4.79 Å². The first-order valence-corrected chi connectivity index (χ1v) is 9.12. The number of fused-ring (bicyclic) bond motifs is 2. The molecule has 2 aliphatic rings. The smallest absolute Gasteiger partial charge is 0.321 e. The van der Waals surface area contributed by atoms with E-state index in [-0.39, 0.29) is 29.9 Å². The maximum absolute atomic E-state index is 12.6. The van der Waals surface area contributed by atoms with Gasteiger partial charge < -0.3 is 25.5 Å². The van der Waals surface area contributed by atoms with Gasteiger partial charge in [0.05, 0.1) is 12.6 Å². The Bertz CT molecular complexity index is 677. The number of hydrogen-bond donors (Lipinski definition) is 3. The molecule has 1 heterocycles. The number of piperidine rings is 1. The molecule has 1 unspecified atom stereocenters. The molecule has 1 aromatic rings. The summed E-state index contributed by atoms with van der Waals surface area (Å²) in [4.78, 5) is 28.2. The Morgan fingerprint density at radius 2 is 1.85 bits per heavy atom. The topological polar surface area (TPSA) is 84.9 Å². The van der Waals surface area contributed by atoms with E-state index in [9.17, 15) is 14.7 Å². The van der Waals surface area contributed by atoms with E-state index >= 15 is 0 Å². The van der Waals surface area contributed by atoms with Gasteiger partial charge in [0.15, 0.2) is 0 Å². The quantitative estimate of drug-likeness (QED) is 0.763. The van der Waals surface area contributed by atoms with Gasteiger partial charge in [-0.05, 0) is 51.6 Å². The van der Waals surface area contributed by atoms with E-state index in [0.29, 0.717) is 31.0 Å². The Balaban J connectivity index is 1.63. The Labute approximate surface area is 154 Å². The van der Waals surface area contributed by atoms with Crippen molar-refractivity contribution in [3.63, 3.8) is 0 Å². The van der Waals surface area contributed by atoms with Gasteiger partial charge in [-0.1, -0.05) is 6.07 Å². The van der Waals surface area contributed by atoms with Crippen molar-refractivity contribution in [2.45, 2.75) is 25.9 Å². The summed E-state index contributed by atoms with van der Waals surface area (Å²) >= 11 is 0. The van der Waals surface area contributed by atoms with Gasteiger partial charge in [-0.2, -0.15) is 0 Å². The average Bonchev–Trinajstić information content (AvgIpc) is 2.78. The minimum Gasteiger partial charge on any atom is -0.392 e. The number of nitrogens with zero attached hydrogens (tertiary/aromatic N) is 2. The maximum atomic E-state index is 12.6. The first kappa shape index (κ1) is 18.7. The van der Waals surface area contributed by atoms with Crippen molar-refractivity contribution in [2.75, 3.05) is 44.4 Å². The van der Waals surface area contributed by atoms with Crippen LogP contribution in [0.3, 0.4) is 0 Å². The summed E-state index contributed by atoms with van der Waals surface area (Å²) in [6.45, 7) is 3.42. The fourth-order valence-corrected chi connectivity index (χ4v) is 3.87. The first-order valence-electron chi connectivity index (χ1n) is 9.12.